The highest BCUT2D eigenvalue weighted by Gasteiger charge is 2.31. The van der Waals surface area contributed by atoms with Crippen molar-refractivity contribution in [3.63, 3.8) is 0 Å². The summed E-state index contributed by atoms with van der Waals surface area (Å²) in [6.07, 6.45) is 6.16. The van der Waals surface area contributed by atoms with Gasteiger partial charge in [0.1, 0.15) is 0 Å². The zero-order valence-corrected chi connectivity index (χ0v) is 19.5. The number of methoxy groups -OCH3 is 2. The predicted molar refractivity (Wildman–Crippen MR) is 123 cm³/mol. The Labute approximate surface area is 181 Å². The maximum absolute atomic E-state index is 12.4. The van der Waals surface area contributed by atoms with Crippen LogP contribution in [-0.4, -0.2) is 77.2 Å². The number of nitrogens with two attached hydrogens (primary N) is 1. The lowest BCUT2D eigenvalue weighted by Crippen LogP contribution is -2.45. The monoisotopic (exact) mass is 419 g/mol. The van der Waals surface area contributed by atoms with Gasteiger partial charge in [0.2, 0.25) is 0 Å². The first kappa shape index (κ1) is 24.2. The first-order valence-electron chi connectivity index (χ1n) is 10.9. The van der Waals surface area contributed by atoms with Gasteiger partial charge in [0.05, 0.1) is 36.2 Å². The highest BCUT2D eigenvalue weighted by atomic mass is 16.5. The topological polar surface area (TPSA) is 79.6 Å². The Balaban J connectivity index is 2.34. The van der Waals surface area contributed by atoms with E-state index in [0.717, 1.165) is 67.9 Å². The van der Waals surface area contributed by atoms with Crippen molar-refractivity contribution in [2.75, 3.05) is 58.2 Å². The standard InChI is InChI=1S/C23H38N4O3/c1-7-27(18-10-8-17(9-11-18)26(4)12-13-29-5)22-16(2)19(23(28)30-6)14-21(25-3)20(22)15-24/h14-15,17-18,24-25H,7-13H2,1-6H3/p+1. The van der Waals surface area contributed by atoms with E-state index in [4.69, 9.17) is 14.9 Å². The number of hydrogen-bond acceptors (Lipinski definition) is 6. The van der Waals surface area contributed by atoms with Crippen LogP contribution in [0.2, 0.25) is 0 Å². The number of benzene rings is 1. The first-order chi connectivity index (χ1) is 14.4. The second kappa shape index (κ2) is 11.3. The van der Waals surface area contributed by atoms with E-state index < -0.39 is 0 Å². The number of carbonyl (C=O) groups excluding carboxylic acids is 1. The Kier molecular flexibility index (Phi) is 9.11. The lowest BCUT2D eigenvalue weighted by molar-refractivity contribution is -0.104. The molecule has 1 aliphatic carbocycles. The van der Waals surface area contributed by atoms with Gasteiger partial charge in [0, 0.05) is 39.3 Å². The fraction of sp³-hybridized carbons (Fsp3) is 0.652. The van der Waals surface area contributed by atoms with Gasteiger partial charge in [-0.3, -0.25) is 5.41 Å². The summed E-state index contributed by atoms with van der Waals surface area (Å²) >= 11 is 0. The van der Waals surface area contributed by atoms with Crippen LogP contribution in [0.4, 0.5) is 11.4 Å². The molecule has 0 aliphatic heterocycles. The zero-order valence-electron chi connectivity index (χ0n) is 19.5. The second-order valence-electron chi connectivity index (χ2n) is 7.99. The summed E-state index contributed by atoms with van der Waals surface area (Å²) in [4.78, 5) is 17.3. The molecule has 0 atom stereocenters. The minimum absolute atomic E-state index is 0.326. The number of carbonyl (C=O) groups is 1. The normalized spacial score (nSPS) is 18.9. The molecule has 7 nitrogen and oxygen atoms in total. The number of ether oxygens (including phenoxy) is 2. The van der Waals surface area contributed by atoms with E-state index in [1.165, 1.54) is 7.11 Å². The number of nitrogens with zero attached hydrogens (tertiary/aromatic N) is 2. The molecular weight excluding hydrogens is 380 g/mol. The average molecular weight is 420 g/mol. The van der Waals surface area contributed by atoms with E-state index >= 15 is 0 Å². The smallest absolute Gasteiger partial charge is 0.338 e. The Bertz CT molecular complexity index is 730. The second-order valence-corrected chi connectivity index (χ2v) is 7.99. The van der Waals surface area contributed by atoms with Crippen LogP contribution >= 0.6 is 0 Å². The number of rotatable bonds is 10. The molecule has 3 N–H and O–H groups in total. The molecule has 1 fully saturated rings. The third kappa shape index (κ3) is 5.13. The Morgan fingerprint density at radius 3 is 2.40 bits per heavy atom. The molecule has 0 bridgehead atoms. The van der Waals surface area contributed by atoms with Crippen molar-refractivity contribution in [3.05, 3.63) is 22.8 Å². The minimum Gasteiger partial charge on any atom is -0.465 e. The van der Waals surface area contributed by atoms with Crippen LogP contribution in [0.25, 0.3) is 0 Å². The number of nitrogens with one attached hydrogen (secondary N) is 1. The van der Waals surface area contributed by atoms with E-state index in [1.54, 1.807) is 13.3 Å². The minimum atomic E-state index is -0.326. The van der Waals surface area contributed by atoms with Gasteiger partial charge < -0.3 is 24.6 Å². The van der Waals surface area contributed by atoms with Crippen molar-refractivity contribution in [1.82, 2.24) is 4.90 Å². The van der Waals surface area contributed by atoms with Crippen molar-refractivity contribution in [3.8, 4) is 0 Å². The molecule has 0 spiro atoms. The molecule has 1 aromatic carbocycles. The van der Waals surface area contributed by atoms with Gasteiger partial charge in [-0.05, 0) is 58.2 Å². The van der Waals surface area contributed by atoms with Crippen molar-refractivity contribution in [1.29, 1.82) is 0 Å². The first-order valence-corrected chi connectivity index (χ1v) is 10.9. The number of likely N-dealkylation sites (N-methyl/N-ethyl adjacent to an activating group) is 1. The van der Waals surface area contributed by atoms with Crippen LogP contribution in [-0.2, 0) is 9.47 Å². The fourth-order valence-corrected chi connectivity index (χ4v) is 4.68. The van der Waals surface area contributed by atoms with Crippen LogP contribution < -0.4 is 15.6 Å². The molecule has 0 radical (unpaired) electrons. The molecule has 2 rings (SSSR count). The fourth-order valence-electron chi connectivity index (χ4n) is 4.68. The van der Waals surface area contributed by atoms with Crippen molar-refractivity contribution < 1.29 is 19.7 Å². The molecule has 0 saturated heterocycles. The van der Waals surface area contributed by atoms with E-state index in [1.807, 2.05) is 20.0 Å². The van der Waals surface area contributed by atoms with Gasteiger partial charge in [-0.1, -0.05) is 0 Å². The molecule has 0 amide bonds. The largest absolute Gasteiger partial charge is 0.465 e. The molecule has 30 heavy (non-hydrogen) atoms. The Morgan fingerprint density at radius 1 is 1.27 bits per heavy atom. The van der Waals surface area contributed by atoms with Crippen LogP contribution in [0.15, 0.2) is 6.07 Å². The van der Waals surface area contributed by atoms with Gasteiger partial charge >= 0.3 is 5.97 Å². The maximum atomic E-state index is 12.4. The molecule has 1 aromatic rings. The summed E-state index contributed by atoms with van der Waals surface area (Å²) in [5.41, 5.74) is 4.30. The SMILES string of the molecule is CCN(c1c(C)c(C(=O)OC)cc(NC)c1C=[NH2+])C1CCC(N(C)CCOC)CC1. The van der Waals surface area contributed by atoms with E-state index in [0.29, 0.717) is 17.6 Å². The molecule has 168 valence electrons. The summed E-state index contributed by atoms with van der Waals surface area (Å²) in [5, 5.41) is 9.25. The van der Waals surface area contributed by atoms with E-state index in [-0.39, 0.29) is 5.97 Å². The van der Waals surface area contributed by atoms with Crippen molar-refractivity contribution in [2.45, 2.75) is 51.6 Å². The van der Waals surface area contributed by atoms with Crippen molar-refractivity contribution in [2.24, 2.45) is 0 Å². The van der Waals surface area contributed by atoms with E-state index in [2.05, 4.69) is 29.1 Å². The molecule has 0 heterocycles. The quantitative estimate of drug-likeness (QED) is 0.444. The molecule has 0 aromatic heterocycles. The van der Waals surface area contributed by atoms with Gasteiger partial charge in [-0.15, -0.1) is 0 Å². The lowest BCUT2D eigenvalue weighted by atomic mass is 9.88. The summed E-state index contributed by atoms with van der Waals surface area (Å²) in [5.74, 6) is -0.326. The lowest BCUT2D eigenvalue weighted by Gasteiger charge is -2.41. The molecule has 1 aliphatic rings. The van der Waals surface area contributed by atoms with Crippen LogP contribution in [0.5, 0.6) is 0 Å². The van der Waals surface area contributed by atoms with Gasteiger partial charge in [0.25, 0.3) is 0 Å². The molecule has 7 heteroatoms. The third-order valence-corrected chi connectivity index (χ3v) is 6.44. The Hall–Kier alpha value is -2.12. The number of hydrogen-bond donors (Lipinski definition) is 2. The molecular formula is C23H39N4O3+. The number of esters is 1. The van der Waals surface area contributed by atoms with Gasteiger partial charge in [-0.2, -0.15) is 0 Å². The van der Waals surface area contributed by atoms with Crippen LogP contribution in [0.1, 0.15) is 54.1 Å². The van der Waals surface area contributed by atoms with Crippen molar-refractivity contribution >= 4 is 23.6 Å². The zero-order chi connectivity index (χ0) is 22.3. The summed E-state index contributed by atoms with van der Waals surface area (Å²) in [6, 6.07) is 2.84. The molecule has 0 unspecified atom stereocenters. The highest BCUT2D eigenvalue weighted by molar-refractivity contribution is 6.01. The van der Waals surface area contributed by atoms with Crippen LogP contribution in [0, 0.1) is 6.92 Å². The van der Waals surface area contributed by atoms with Gasteiger partial charge in [0.15, 0.2) is 6.21 Å². The third-order valence-electron chi connectivity index (χ3n) is 6.44. The summed E-state index contributed by atoms with van der Waals surface area (Å²) < 4.78 is 10.3. The summed E-state index contributed by atoms with van der Waals surface area (Å²) in [6.45, 7) is 6.73. The molecule has 1 saturated carbocycles. The van der Waals surface area contributed by atoms with Gasteiger partial charge in [-0.25, -0.2) is 4.79 Å². The number of anilines is 2. The average Bonchev–Trinajstić information content (AvgIpc) is 2.78. The Morgan fingerprint density at radius 2 is 1.90 bits per heavy atom. The highest BCUT2D eigenvalue weighted by Crippen LogP contribution is 2.37. The maximum Gasteiger partial charge on any atom is 0.338 e. The van der Waals surface area contributed by atoms with E-state index in [9.17, 15) is 4.79 Å². The predicted octanol–water partition coefficient (Wildman–Crippen LogP) is 1.72. The summed E-state index contributed by atoms with van der Waals surface area (Å²) in [7, 11) is 7.20. The van der Waals surface area contributed by atoms with Crippen LogP contribution in [0.3, 0.4) is 0 Å².